The lowest BCUT2D eigenvalue weighted by atomic mass is 10.0. The summed E-state index contributed by atoms with van der Waals surface area (Å²) in [5.74, 6) is 0.813. The third kappa shape index (κ3) is 4.60. The predicted molar refractivity (Wildman–Crippen MR) is 91.7 cm³/mol. The van der Waals surface area contributed by atoms with Gasteiger partial charge in [-0.1, -0.05) is 18.2 Å². The molecule has 0 aliphatic heterocycles. The molecule has 1 unspecified atom stereocenters. The number of alkyl carbamates (subject to hydrolysis) is 1. The fourth-order valence-electron chi connectivity index (χ4n) is 2.31. The van der Waals surface area contributed by atoms with Crippen LogP contribution in [-0.4, -0.2) is 25.3 Å². The molecule has 0 saturated carbocycles. The summed E-state index contributed by atoms with van der Waals surface area (Å²) >= 11 is 0. The van der Waals surface area contributed by atoms with Crippen molar-refractivity contribution in [2.75, 3.05) is 13.7 Å². The van der Waals surface area contributed by atoms with Crippen molar-refractivity contribution in [1.29, 1.82) is 0 Å². The van der Waals surface area contributed by atoms with Crippen LogP contribution >= 0.6 is 0 Å². The van der Waals surface area contributed by atoms with E-state index in [1.807, 2.05) is 57.2 Å². The Balaban J connectivity index is 2.20. The molecule has 0 bridgehead atoms. The van der Waals surface area contributed by atoms with Gasteiger partial charge in [0.05, 0.1) is 13.2 Å². The molecule has 2 aromatic carbocycles. The number of methoxy groups -OCH3 is 1. The smallest absolute Gasteiger partial charge is 0.408 e. The first-order chi connectivity index (χ1) is 10.8. The molecule has 0 aromatic heterocycles. The molecule has 0 heterocycles. The second-order valence-electron chi connectivity index (χ2n) is 6.41. The highest BCUT2D eigenvalue weighted by Gasteiger charge is 2.20. The highest BCUT2D eigenvalue weighted by atomic mass is 16.6. The largest absolute Gasteiger partial charge is 0.497 e. The van der Waals surface area contributed by atoms with Gasteiger partial charge < -0.3 is 20.5 Å². The molecular formula is C18H24N2O3. The lowest BCUT2D eigenvalue weighted by Crippen LogP contribution is -2.37. The lowest BCUT2D eigenvalue weighted by molar-refractivity contribution is 0.0505. The molecule has 0 fully saturated rings. The van der Waals surface area contributed by atoms with Gasteiger partial charge >= 0.3 is 6.09 Å². The highest BCUT2D eigenvalue weighted by molar-refractivity contribution is 5.84. The first-order valence-electron chi connectivity index (χ1n) is 7.59. The van der Waals surface area contributed by atoms with Crippen molar-refractivity contribution >= 4 is 16.9 Å². The Morgan fingerprint density at radius 1 is 1.17 bits per heavy atom. The van der Waals surface area contributed by atoms with Crippen molar-refractivity contribution in [2.24, 2.45) is 5.73 Å². The maximum absolute atomic E-state index is 11.9. The van der Waals surface area contributed by atoms with Crippen LogP contribution in [0.4, 0.5) is 4.79 Å². The Bertz CT molecular complexity index is 692. The minimum absolute atomic E-state index is 0.293. The summed E-state index contributed by atoms with van der Waals surface area (Å²) in [4.78, 5) is 11.9. The van der Waals surface area contributed by atoms with Gasteiger partial charge in [0.25, 0.3) is 0 Å². The number of hydrogen-bond donors (Lipinski definition) is 2. The van der Waals surface area contributed by atoms with Crippen LogP contribution < -0.4 is 15.8 Å². The fourth-order valence-corrected chi connectivity index (χ4v) is 2.31. The van der Waals surface area contributed by atoms with Crippen LogP contribution in [0.5, 0.6) is 5.75 Å². The summed E-state index contributed by atoms with van der Waals surface area (Å²) in [6.07, 6.45) is -0.470. The summed E-state index contributed by atoms with van der Waals surface area (Å²) < 4.78 is 10.5. The Kier molecular flexibility index (Phi) is 5.11. The van der Waals surface area contributed by atoms with Gasteiger partial charge in [0.15, 0.2) is 0 Å². The molecule has 23 heavy (non-hydrogen) atoms. The van der Waals surface area contributed by atoms with Crippen molar-refractivity contribution < 1.29 is 14.3 Å². The van der Waals surface area contributed by atoms with Gasteiger partial charge in [0.2, 0.25) is 0 Å². The topological polar surface area (TPSA) is 73.6 Å². The zero-order chi connectivity index (χ0) is 17.0. The molecule has 124 valence electrons. The van der Waals surface area contributed by atoms with E-state index in [0.717, 1.165) is 22.1 Å². The minimum atomic E-state index is -0.539. The van der Waals surface area contributed by atoms with Gasteiger partial charge in [-0.15, -0.1) is 0 Å². The Labute approximate surface area is 136 Å². The van der Waals surface area contributed by atoms with Gasteiger partial charge in [-0.25, -0.2) is 4.79 Å². The van der Waals surface area contributed by atoms with E-state index >= 15 is 0 Å². The van der Waals surface area contributed by atoms with E-state index in [2.05, 4.69) is 5.32 Å². The molecule has 0 radical (unpaired) electrons. The molecule has 0 saturated heterocycles. The average molecular weight is 316 g/mol. The summed E-state index contributed by atoms with van der Waals surface area (Å²) in [5, 5.41) is 4.95. The first-order valence-corrected chi connectivity index (χ1v) is 7.59. The van der Waals surface area contributed by atoms with Crippen LogP contribution in [0.15, 0.2) is 36.4 Å². The predicted octanol–water partition coefficient (Wildman–Crippen LogP) is 3.37. The fraction of sp³-hybridized carbons (Fsp3) is 0.389. The van der Waals surface area contributed by atoms with Gasteiger partial charge in [-0.2, -0.15) is 0 Å². The van der Waals surface area contributed by atoms with Crippen molar-refractivity contribution in [3.8, 4) is 5.75 Å². The number of rotatable bonds is 4. The Hall–Kier alpha value is -2.27. The first kappa shape index (κ1) is 17.1. The van der Waals surface area contributed by atoms with E-state index in [1.54, 1.807) is 7.11 Å². The zero-order valence-electron chi connectivity index (χ0n) is 14.1. The molecule has 5 heteroatoms. The zero-order valence-corrected chi connectivity index (χ0v) is 14.1. The third-order valence-corrected chi connectivity index (χ3v) is 3.40. The number of fused-ring (bicyclic) bond motifs is 1. The molecule has 1 amide bonds. The van der Waals surface area contributed by atoms with E-state index in [4.69, 9.17) is 15.2 Å². The van der Waals surface area contributed by atoms with E-state index in [0.29, 0.717) is 6.54 Å². The normalized spacial score (nSPS) is 12.7. The second-order valence-corrected chi connectivity index (χ2v) is 6.41. The van der Waals surface area contributed by atoms with Gasteiger partial charge in [-0.3, -0.25) is 0 Å². The van der Waals surface area contributed by atoms with Gasteiger partial charge in [-0.05, 0) is 55.3 Å². The molecule has 0 spiro atoms. The number of carbonyl (C=O) groups is 1. The molecular weight excluding hydrogens is 292 g/mol. The molecule has 1 atom stereocenters. The molecule has 2 rings (SSSR count). The van der Waals surface area contributed by atoms with Crippen LogP contribution in [0, 0.1) is 0 Å². The number of amides is 1. The van der Waals surface area contributed by atoms with Crippen molar-refractivity contribution in [2.45, 2.75) is 32.4 Å². The number of hydrogen-bond acceptors (Lipinski definition) is 4. The molecule has 3 N–H and O–H groups in total. The van der Waals surface area contributed by atoms with Crippen molar-refractivity contribution in [3.05, 3.63) is 42.0 Å². The van der Waals surface area contributed by atoms with Crippen LogP contribution in [0.25, 0.3) is 10.8 Å². The number of ether oxygens (including phenoxy) is 2. The van der Waals surface area contributed by atoms with Gasteiger partial charge in [0, 0.05) is 6.54 Å². The standard InChI is InChI=1S/C18H24N2O3/c1-18(2,3)23-17(21)20-16(11-19)14-6-5-13-10-15(22-4)8-7-12(13)9-14/h5-10,16H,11,19H2,1-4H3,(H,20,21). The number of carbonyl (C=O) groups excluding carboxylic acids is 1. The molecule has 0 aliphatic rings. The minimum Gasteiger partial charge on any atom is -0.497 e. The molecule has 5 nitrogen and oxygen atoms in total. The summed E-state index contributed by atoms with van der Waals surface area (Å²) in [5.41, 5.74) is 6.22. The second kappa shape index (κ2) is 6.87. The summed E-state index contributed by atoms with van der Waals surface area (Å²) in [6.45, 7) is 5.77. The number of nitrogens with one attached hydrogen (secondary N) is 1. The summed E-state index contributed by atoms with van der Waals surface area (Å²) in [6, 6.07) is 11.5. The maximum atomic E-state index is 11.9. The van der Waals surface area contributed by atoms with E-state index in [1.165, 1.54) is 0 Å². The van der Waals surface area contributed by atoms with Crippen LogP contribution in [0.1, 0.15) is 32.4 Å². The monoisotopic (exact) mass is 316 g/mol. The van der Waals surface area contributed by atoms with Crippen LogP contribution in [-0.2, 0) is 4.74 Å². The maximum Gasteiger partial charge on any atom is 0.408 e. The quantitative estimate of drug-likeness (QED) is 0.907. The third-order valence-electron chi connectivity index (χ3n) is 3.40. The van der Waals surface area contributed by atoms with Crippen molar-refractivity contribution in [3.63, 3.8) is 0 Å². The Morgan fingerprint density at radius 2 is 1.83 bits per heavy atom. The molecule has 0 aliphatic carbocycles. The van der Waals surface area contributed by atoms with E-state index < -0.39 is 11.7 Å². The number of nitrogens with two attached hydrogens (primary N) is 1. The van der Waals surface area contributed by atoms with E-state index in [9.17, 15) is 4.79 Å². The van der Waals surface area contributed by atoms with E-state index in [-0.39, 0.29) is 6.04 Å². The lowest BCUT2D eigenvalue weighted by Gasteiger charge is -2.23. The highest BCUT2D eigenvalue weighted by Crippen LogP contribution is 2.24. The SMILES string of the molecule is COc1ccc2cc(C(CN)NC(=O)OC(C)(C)C)ccc2c1. The van der Waals surface area contributed by atoms with Gasteiger partial charge in [0.1, 0.15) is 11.4 Å². The van der Waals surface area contributed by atoms with Crippen LogP contribution in [0.3, 0.4) is 0 Å². The molecule has 2 aromatic rings. The van der Waals surface area contributed by atoms with Crippen molar-refractivity contribution in [1.82, 2.24) is 5.32 Å². The number of benzene rings is 2. The summed E-state index contributed by atoms with van der Waals surface area (Å²) in [7, 11) is 1.64. The van der Waals surface area contributed by atoms with Crippen LogP contribution in [0.2, 0.25) is 0 Å². The average Bonchev–Trinajstić information content (AvgIpc) is 2.49. The Morgan fingerprint density at radius 3 is 2.43 bits per heavy atom.